The Kier molecular flexibility index (Phi) is 3.65. The number of nitrogens with zero attached hydrogens (tertiary/aromatic N) is 2. The predicted octanol–water partition coefficient (Wildman–Crippen LogP) is 1.09. The van der Waals surface area contributed by atoms with Gasteiger partial charge in [0.15, 0.2) is 0 Å². The third kappa shape index (κ3) is 2.51. The highest BCUT2D eigenvalue weighted by atomic mass is 32.1. The number of hydrazine groups is 1. The van der Waals surface area contributed by atoms with Gasteiger partial charge >= 0.3 is 0 Å². The lowest BCUT2D eigenvalue weighted by Crippen LogP contribution is -2.44. The van der Waals surface area contributed by atoms with Crippen LogP contribution < -0.4 is 21.9 Å². The van der Waals surface area contributed by atoms with Crippen LogP contribution in [0.2, 0.25) is 0 Å². The van der Waals surface area contributed by atoms with Gasteiger partial charge in [0.2, 0.25) is 5.91 Å². The molecular weight excluding hydrogens is 336 g/mol. The number of thiophene rings is 1. The second-order valence-electron chi connectivity index (χ2n) is 7.35. The SMILES string of the molecule is NC(=O)C1NNC2CCC(Nc3ncnc4sc5c(c34)CCC5)CC21. The fraction of sp³-hybridized carbons (Fsp3) is 0.588. The van der Waals surface area contributed by atoms with Crippen LogP contribution in [0, 0.1) is 5.92 Å². The monoisotopic (exact) mass is 358 g/mol. The first-order valence-electron chi connectivity index (χ1n) is 9.03. The van der Waals surface area contributed by atoms with Gasteiger partial charge in [-0.2, -0.15) is 0 Å². The first-order valence-corrected chi connectivity index (χ1v) is 9.84. The molecule has 7 nitrogen and oxygen atoms in total. The quantitative estimate of drug-likeness (QED) is 0.655. The van der Waals surface area contributed by atoms with Crippen molar-refractivity contribution in [1.29, 1.82) is 0 Å². The van der Waals surface area contributed by atoms with E-state index in [1.54, 1.807) is 6.33 Å². The van der Waals surface area contributed by atoms with Crippen molar-refractivity contribution in [2.24, 2.45) is 11.7 Å². The number of amides is 1. The summed E-state index contributed by atoms with van der Waals surface area (Å²) in [5, 5.41) is 4.88. The van der Waals surface area contributed by atoms with E-state index in [4.69, 9.17) is 5.73 Å². The Morgan fingerprint density at radius 2 is 2.20 bits per heavy atom. The van der Waals surface area contributed by atoms with Gasteiger partial charge in [-0.25, -0.2) is 15.4 Å². The molecule has 1 saturated heterocycles. The van der Waals surface area contributed by atoms with E-state index in [1.165, 1.54) is 28.7 Å². The number of nitrogens with one attached hydrogen (secondary N) is 3. The molecule has 3 aliphatic rings. The maximum absolute atomic E-state index is 11.7. The number of carbonyl (C=O) groups is 1. The van der Waals surface area contributed by atoms with Crippen LogP contribution in [0.4, 0.5) is 5.82 Å². The molecule has 2 fully saturated rings. The van der Waals surface area contributed by atoms with E-state index in [0.717, 1.165) is 36.3 Å². The summed E-state index contributed by atoms with van der Waals surface area (Å²) in [6.45, 7) is 0. The van der Waals surface area contributed by atoms with Crippen LogP contribution in [-0.4, -0.2) is 34.0 Å². The summed E-state index contributed by atoms with van der Waals surface area (Å²) in [5.74, 6) is 0.914. The molecule has 0 spiro atoms. The van der Waals surface area contributed by atoms with Crippen molar-refractivity contribution >= 4 is 33.3 Å². The maximum Gasteiger partial charge on any atom is 0.236 e. The summed E-state index contributed by atoms with van der Waals surface area (Å²) in [5.41, 5.74) is 13.3. The van der Waals surface area contributed by atoms with Crippen LogP contribution in [-0.2, 0) is 17.6 Å². The summed E-state index contributed by atoms with van der Waals surface area (Å²) >= 11 is 1.81. The van der Waals surface area contributed by atoms with Crippen LogP contribution in [0.15, 0.2) is 6.33 Å². The zero-order valence-corrected chi connectivity index (χ0v) is 14.7. The highest BCUT2D eigenvalue weighted by Crippen LogP contribution is 2.40. The lowest BCUT2D eigenvalue weighted by molar-refractivity contribution is -0.120. The Morgan fingerprint density at radius 3 is 3.08 bits per heavy atom. The Hall–Kier alpha value is -1.77. The van der Waals surface area contributed by atoms with Gasteiger partial charge < -0.3 is 11.1 Å². The van der Waals surface area contributed by atoms with Crippen LogP contribution in [0.3, 0.4) is 0 Å². The van der Waals surface area contributed by atoms with Gasteiger partial charge in [0.1, 0.15) is 23.0 Å². The van der Waals surface area contributed by atoms with Gasteiger partial charge in [0, 0.05) is 22.9 Å². The molecule has 5 N–H and O–H groups in total. The molecule has 3 heterocycles. The molecule has 5 rings (SSSR count). The van der Waals surface area contributed by atoms with E-state index in [9.17, 15) is 4.79 Å². The Bertz CT molecular complexity index is 836. The molecule has 0 aromatic carbocycles. The number of rotatable bonds is 3. The van der Waals surface area contributed by atoms with Crippen molar-refractivity contribution < 1.29 is 4.79 Å². The van der Waals surface area contributed by atoms with Crippen molar-refractivity contribution in [2.75, 3.05) is 5.32 Å². The summed E-state index contributed by atoms with van der Waals surface area (Å²) in [6, 6.07) is 0.344. The molecule has 25 heavy (non-hydrogen) atoms. The van der Waals surface area contributed by atoms with Crippen molar-refractivity contribution in [3.8, 4) is 0 Å². The standard InChI is InChI=1S/C17H22N6OS/c18-15(24)14-10-6-8(4-5-11(10)22-23-14)21-16-13-9-2-1-3-12(9)25-17(13)20-7-19-16/h7-8,10-11,14,22-23H,1-6H2,(H2,18,24)(H,19,20,21). The fourth-order valence-corrected chi connectivity index (χ4v) is 5.93. The predicted molar refractivity (Wildman–Crippen MR) is 97.2 cm³/mol. The molecule has 132 valence electrons. The average Bonchev–Trinajstić information content (AvgIpc) is 3.27. The Labute approximate surface area is 149 Å². The lowest BCUT2D eigenvalue weighted by atomic mass is 9.79. The molecule has 1 amide bonds. The van der Waals surface area contributed by atoms with E-state index < -0.39 is 0 Å². The lowest BCUT2D eigenvalue weighted by Gasteiger charge is -2.33. The zero-order chi connectivity index (χ0) is 17.0. The number of anilines is 1. The molecule has 4 unspecified atom stereocenters. The average molecular weight is 358 g/mol. The fourth-order valence-electron chi connectivity index (χ4n) is 4.70. The first kappa shape index (κ1) is 15.5. The summed E-state index contributed by atoms with van der Waals surface area (Å²) in [4.78, 5) is 23.3. The van der Waals surface area contributed by atoms with E-state index in [-0.39, 0.29) is 17.9 Å². The minimum absolute atomic E-state index is 0.231. The van der Waals surface area contributed by atoms with Gasteiger partial charge in [-0.15, -0.1) is 11.3 Å². The molecule has 0 radical (unpaired) electrons. The van der Waals surface area contributed by atoms with Crippen molar-refractivity contribution in [1.82, 2.24) is 20.8 Å². The van der Waals surface area contributed by atoms with Gasteiger partial charge in [0.25, 0.3) is 0 Å². The van der Waals surface area contributed by atoms with Crippen molar-refractivity contribution in [2.45, 2.75) is 56.7 Å². The highest BCUT2D eigenvalue weighted by Gasteiger charge is 2.43. The molecule has 1 aliphatic heterocycles. The second kappa shape index (κ2) is 5.89. The number of nitrogens with two attached hydrogens (primary N) is 1. The molecule has 0 bridgehead atoms. The number of aryl methyl sites for hydroxylation is 2. The van der Waals surface area contributed by atoms with Crippen LogP contribution in [0.1, 0.15) is 36.1 Å². The number of hydrogen-bond donors (Lipinski definition) is 4. The smallest absolute Gasteiger partial charge is 0.236 e. The summed E-state index contributed by atoms with van der Waals surface area (Å²) in [6.07, 6.45) is 8.18. The zero-order valence-electron chi connectivity index (χ0n) is 13.9. The van der Waals surface area contributed by atoms with E-state index in [2.05, 4.69) is 26.1 Å². The molecule has 2 aliphatic carbocycles. The maximum atomic E-state index is 11.7. The molecule has 2 aromatic rings. The van der Waals surface area contributed by atoms with Gasteiger partial charge in [-0.1, -0.05) is 0 Å². The Balaban J connectivity index is 1.41. The Morgan fingerprint density at radius 1 is 1.28 bits per heavy atom. The third-order valence-electron chi connectivity index (χ3n) is 5.90. The summed E-state index contributed by atoms with van der Waals surface area (Å²) in [7, 11) is 0. The second-order valence-corrected chi connectivity index (χ2v) is 8.44. The van der Waals surface area contributed by atoms with Gasteiger partial charge in [-0.3, -0.25) is 10.2 Å². The summed E-state index contributed by atoms with van der Waals surface area (Å²) < 4.78 is 0. The molecule has 1 saturated carbocycles. The molecule has 8 heteroatoms. The van der Waals surface area contributed by atoms with E-state index in [0.29, 0.717) is 12.1 Å². The third-order valence-corrected chi connectivity index (χ3v) is 7.10. The van der Waals surface area contributed by atoms with Crippen LogP contribution in [0.5, 0.6) is 0 Å². The van der Waals surface area contributed by atoms with Crippen LogP contribution >= 0.6 is 11.3 Å². The topological polar surface area (TPSA) is 105 Å². The molecular formula is C17H22N6OS. The number of aromatic nitrogens is 2. The normalized spacial score (nSPS) is 31.0. The minimum Gasteiger partial charge on any atom is -0.368 e. The minimum atomic E-state index is -0.287. The first-order chi connectivity index (χ1) is 12.2. The van der Waals surface area contributed by atoms with E-state index >= 15 is 0 Å². The van der Waals surface area contributed by atoms with Crippen molar-refractivity contribution in [3.63, 3.8) is 0 Å². The van der Waals surface area contributed by atoms with Gasteiger partial charge in [-0.05, 0) is 44.1 Å². The molecule has 2 aromatic heterocycles. The van der Waals surface area contributed by atoms with Crippen LogP contribution in [0.25, 0.3) is 10.2 Å². The van der Waals surface area contributed by atoms with E-state index in [1.807, 2.05) is 11.3 Å². The number of primary amides is 1. The van der Waals surface area contributed by atoms with Gasteiger partial charge in [0.05, 0.1) is 5.39 Å². The number of carbonyl (C=O) groups excluding carboxylic acids is 1. The molecule has 4 atom stereocenters. The number of hydrogen-bond acceptors (Lipinski definition) is 7. The number of fused-ring (bicyclic) bond motifs is 4. The van der Waals surface area contributed by atoms with Crippen molar-refractivity contribution in [3.05, 3.63) is 16.8 Å². The highest BCUT2D eigenvalue weighted by molar-refractivity contribution is 7.19. The largest absolute Gasteiger partial charge is 0.368 e.